The molecule has 0 radical (unpaired) electrons. The summed E-state index contributed by atoms with van der Waals surface area (Å²) in [7, 11) is 0. The zero-order chi connectivity index (χ0) is 30.5. The quantitative estimate of drug-likeness (QED) is 0.232. The maximum absolute atomic E-state index is 14.3. The first-order chi connectivity index (χ1) is 20.8. The lowest BCUT2D eigenvalue weighted by molar-refractivity contribution is -0.123. The number of halogens is 2. The van der Waals surface area contributed by atoms with Crippen LogP contribution in [0.1, 0.15) is 97.8 Å². The van der Waals surface area contributed by atoms with E-state index in [4.69, 9.17) is 0 Å². The summed E-state index contributed by atoms with van der Waals surface area (Å²) in [5.41, 5.74) is 4.23. The Morgan fingerprint density at radius 1 is 1.12 bits per heavy atom. The van der Waals surface area contributed by atoms with Crippen molar-refractivity contribution >= 4 is 12.1 Å². The number of nitrogens with zero attached hydrogens (tertiary/aromatic N) is 1. The SMILES string of the molecule is CCCC1NC(CCNC2CCN(C[C@@H]3C[C@H](C4CC4)C(C4=CC[C@H](F)C(F)C4)=CC3C)CC2)=C(C=O)C[C@@H]1C(=O)CC. The van der Waals surface area contributed by atoms with Crippen LogP contribution in [0.25, 0.3) is 0 Å². The van der Waals surface area contributed by atoms with Crippen LogP contribution in [0.5, 0.6) is 0 Å². The molecule has 2 fully saturated rings. The van der Waals surface area contributed by atoms with Crippen LogP contribution in [0, 0.1) is 29.6 Å². The summed E-state index contributed by atoms with van der Waals surface area (Å²) in [5, 5.41) is 7.36. The molecule has 0 aromatic carbocycles. The van der Waals surface area contributed by atoms with E-state index in [1.165, 1.54) is 24.8 Å². The van der Waals surface area contributed by atoms with Gasteiger partial charge in [-0.05, 0) is 92.9 Å². The Labute approximate surface area is 258 Å². The van der Waals surface area contributed by atoms with Gasteiger partial charge in [-0.3, -0.25) is 9.59 Å². The van der Waals surface area contributed by atoms with Crippen molar-refractivity contribution in [2.45, 2.75) is 122 Å². The van der Waals surface area contributed by atoms with Crippen LogP contribution in [-0.2, 0) is 9.59 Å². The number of carbonyl (C=O) groups excluding carboxylic acids is 2. The largest absolute Gasteiger partial charge is 0.385 e. The van der Waals surface area contributed by atoms with Crippen molar-refractivity contribution in [1.82, 2.24) is 15.5 Å². The van der Waals surface area contributed by atoms with Gasteiger partial charge in [0.25, 0.3) is 0 Å². The molecule has 0 bridgehead atoms. The predicted octanol–water partition coefficient (Wildman–Crippen LogP) is 6.65. The first-order valence-electron chi connectivity index (χ1n) is 17.4. The summed E-state index contributed by atoms with van der Waals surface area (Å²) >= 11 is 0. The highest BCUT2D eigenvalue weighted by molar-refractivity contribution is 5.84. The summed E-state index contributed by atoms with van der Waals surface area (Å²) in [4.78, 5) is 27.1. The van der Waals surface area contributed by atoms with Crippen LogP contribution >= 0.6 is 0 Å². The lowest BCUT2D eigenvalue weighted by atomic mass is 9.70. The molecule has 2 N–H and O–H groups in total. The number of hydrogen-bond donors (Lipinski definition) is 2. The van der Waals surface area contributed by atoms with E-state index in [0.29, 0.717) is 36.6 Å². The van der Waals surface area contributed by atoms with E-state index in [1.807, 2.05) is 13.0 Å². The molecule has 0 aromatic heterocycles. The molecule has 0 amide bonds. The fourth-order valence-corrected chi connectivity index (χ4v) is 8.31. The van der Waals surface area contributed by atoms with Crippen LogP contribution in [0.2, 0.25) is 0 Å². The normalized spacial score (nSPS) is 34.4. The van der Waals surface area contributed by atoms with E-state index in [0.717, 1.165) is 87.3 Å². The maximum atomic E-state index is 14.3. The monoisotopic (exact) mass is 599 g/mol. The van der Waals surface area contributed by atoms with Crippen molar-refractivity contribution in [2.24, 2.45) is 29.6 Å². The third kappa shape index (κ3) is 8.06. The molecule has 2 aliphatic heterocycles. The van der Waals surface area contributed by atoms with Gasteiger partial charge in [0.05, 0.1) is 0 Å². The molecule has 0 aromatic rings. The topological polar surface area (TPSA) is 61.4 Å². The molecule has 43 heavy (non-hydrogen) atoms. The van der Waals surface area contributed by atoms with Gasteiger partial charge in [0.2, 0.25) is 0 Å². The van der Waals surface area contributed by atoms with Gasteiger partial charge in [-0.1, -0.05) is 39.3 Å². The highest BCUT2D eigenvalue weighted by Gasteiger charge is 2.41. The van der Waals surface area contributed by atoms with Gasteiger partial charge in [0, 0.05) is 68.0 Å². The fraction of sp³-hybridized carbons (Fsp3) is 0.778. The zero-order valence-electron chi connectivity index (χ0n) is 26.8. The predicted molar refractivity (Wildman–Crippen MR) is 169 cm³/mol. The number of allylic oxidation sites excluding steroid dienone is 5. The van der Waals surface area contributed by atoms with E-state index in [-0.39, 0.29) is 30.6 Å². The van der Waals surface area contributed by atoms with Crippen LogP contribution in [-0.4, -0.2) is 67.6 Å². The zero-order valence-corrected chi connectivity index (χ0v) is 26.8. The molecule has 240 valence electrons. The average molecular weight is 600 g/mol. The molecule has 5 rings (SSSR count). The van der Waals surface area contributed by atoms with E-state index in [1.54, 1.807) is 0 Å². The number of hydrogen-bond acceptors (Lipinski definition) is 5. The summed E-state index contributed by atoms with van der Waals surface area (Å²) in [6.45, 7) is 10.5. The van der Waals surface area contributed by atoms with Crippen molar-refractivity contribution in [3.05, 3.63) is 34.6 Å². The van der Waals surface area contributed by atoms with Gasteiger partial charge in [-0.15, -0.1) is 0 Å². The molecule has 2 heterocycles. The van der Waals surface area contributed by atoms with Crippen LogP contribution < -0.4 is 10.6 Å². The minimum absolute atomic E-state index is 0.0873. The third-order valence-corrected chi connectivity index (χ3v) is 11.2. The number of alkyl halides is 2. The number of likely N-dealkylation sites (tertiary alicyclic amines) is 1. The molecule has 3 unspecified atom stereocenters. The second kappa shape index (κ2) is 14.9. The van der Waals surface area contributed by atoms with Crippen LogP contribution in [0.4, 0.5) is 8.78 Å². The fourth-order valence-electron chi connectivity index (χ4n) is 8.31. The van der Waals surface area contributed by atoms with Crippen molar-refractivity contribution < 1.29 is 18.4 Å². The number of nitrogens with one attached hydrogen (secondary N) is 2. The maximum Gasteiger partial charge on any atom is 0.147 e. The molecular formula is C36H55F2N3O2. The Hall–Kier alpha value is -1.86. The number of carbonyl (C=O) groups is 2. The van der Waals surface area contributed by atoms with Crippen molar-refractivity contribution in [1.29, 1.82) is 0 Å². The van der Waals surface area contributed by atoms with Crippen molar-refractivity contribution in [2.75, 3.05) is 26.2 Å². The summed E-state index contributed by atoms with van der Waals surface area (Å²) in [6.07, 6.45) is 13.0. The molecule has 5 aliphatic rings. The van der Waals surface area contributed by atoms with E-state index >= 15 is 0 Å². The Morgan fingerprint density at radius 2 is 1.88 bits per heavy atom. The van der Waals surface area contributed by atoms with Gasteiger partial charge in [0.15, 0.2) is 0 Å². The molecule has 0 spiro atoms. The molecule has 1 saturated heterocycles. The van der Waals surface area contributed by atoms with Gasteiger partial charge in [0.1, 0.15) is 24.4 Å². The molecule has 1 saturated carbocycles. The lowest BCUT2D eigenvalue weighted by Gasteiger charge is -2.41. The van der Waals surface area contributed by atoms with Gasteiger partial charge in [-0.25, -0.2) is 8.78 Å². The summed E-state index contributed by atoms with van der Waals surface area (Å²) < 4.78 is 28.1. The summed E-state index contributed by atoms with van der Waals surface area (Å²) in [5.74, 6) is 2.47. The highest BCUT2D eigenvalue weighted by Crippen LogP contribution is 2.50. The molecule has 7 atom stereocenters. The smallest absolute Gasteiger partial charge is 0.147 e. The number of aldehydes is 1. The van der Waals surface area contributed by atoms with E-state index in [9.17, 15) is 18.4 Å². The van der Waals surface area contributed by atoms with E-state index in [2.05, 4.69) is 35.5 Å². The molecule has 3 aliphatic carbocycles. The minimum atomic E-state index is -1.35. The van der Waals surface area contributed by atoms with Crippen LogP contribution in [0.3, 0.4) is 0 Å². The second-order valence-corrected chi connectivity index (χ2v) is 14.2. The molecular weight excluding hydrogens is 544 g/mol. The summed E-state index contributed by atoms with van der Waals surface area (Å²) in [6, 6.07) is 0.621. The number of rotatable bonds is 13. The van der Waals surface area contributed by atoms with Crippen molar-refractivity contribution in [3.8, 4) is 0 Å². The Kier molecular flexibility index (Phi) is 11.3. The van der Waals surface area contributed by atoms with E-state index < -0.39 is 12.3 Å². The number of Topliss-reactive ketones (excluding diaryl/α,β-unsaturated/α-hetero) is 1. The number of ketones is 1. The molecule has 5 nitrogen and oxygen atoms in total. The Morgan fingerprint density at radius 3 is 2.53 bits per heavy atom. The Balaban J connectivity index is 1.09. The number of piperidine rings is 1. The van der Waals surface area contributed by atoms with Gasteiger partial charge < -0.3 is 15.5 Å². The molecule has 7 heteroatoms. The van der Waals surface area contributed by atoms with Crippen molar-refractivity contribution in [3.63, 3.8) is 0 Å². The van der Waals surface area contributed by atoms with Gasteiger partial charge in [-0.2, -0.15) is 0 Å². The average Bonchev–Trinajstić information content (AvgIpc) is 3.86. The third-order valence-electron chi connectivity index (χ3n) is 11.2. The first kappa shape index (κ1) is 32.5. The lowest BCUT2D eigenvalue weighted by Crippen LogP contribution is -2.46. The Bertz CT molecular complexity index is 1070. The van der Waals surface area contributed by atoms with Gasteiger partial charge >= 0.3 is 0 Å². The minimum Gasteiger partial charge on any atom is -0.385 e. The van der Waals surface area contributed by atoms with Crippen LogP contribution in [0.15, 0.2) is 34.6 Å². The standard InChI is InChI=1S/C36H55F2N3O2/c1-4-6-35-31(36(43)5-2)19-27(22-42)34(40-35)11-14-39-28-12-15-41(16-13-28)21-26-18-30(24-7-8-24)29(17-23(26)3)25-9-10-32(37)33(38)20-25/h9,17,22-24,26,28,30-33,35,39-40H,4-8,10-16,18-21H2,1-3H3/t23?,26-,30+,31-,32-,33?,35?/m0/s1. The first-order valence-corrected chi connectivity index (χ1v) is 17.4. The second-order valence-electron chi connectivity index (χ2n) is 14.2. The highest BCUT2D eigenvalue weighted by atomic mass is 19.2.